The van der Waals surface area contributed by atoms with Crippen LogP contribution < -0.4 is 5.32 Å². The highest BCUT2D eigenvalue weighted by Gasteiger charge is 2.57. The molecular weight excluding hydrogens is 236 g/mol. The molecule has 2 fully saturated rings. The summed E-state index contributed by atoms with van der Waals surface area (Å²) in [7, 11) is 0. The molecule has 2 aliphatic rings. The number of aryl methyl sites for hydroxylation is 2. The molecule has 2 aromatic rings. The summed E-state index contributed by atoms with van der Waals surface area (Å²) in [6.45, 7) is 6.30. The number of aromatic nitrogens is 1. The van der Waals surface area contributed by atoms with Crippen molar-refractivity contribution in [3.05, 3.63) is 41.3 Å². The Hall–Kier alpha value is -1.61. The van der Waals surface area contributed by atoms with Gasteiger partial charge in [0.05, 0.1) is 5.69 Å². The molecular formula is C16H18N2O. The predicted octanol–water partition coefficient (Wildman–Crippen LogP) is 2.82. The van der Waals surface area contributed by atoms with Crippen molar-refractivity contribution < 1.29 is 4.52 Å². The molecule has 1 aliphatic heterocycles. The molecule has 0 amide bonds. The smallest absolute Gasteiger partial charge is 0.141 e. The van der Waals surface area contributed by atoms with Crippen molar-refractivity contribution in [3.63, 3.8) is 0 Å². The zero-order valence-corrected chi connectivity index (χ0v) is 11.4. The highest BCUT2D eigenvalue weighted by atomic mass is 16.5. The van der Waals surface area contributed by atoms with Gasteiger partial charge in [0.1, 0.15) is 5.76 Å². The number of benzene rings is 1. The maximum atomic E-state index is 5.25. The Bertz CT molecular complexity index is 609. The number of fused-ring (bicyclic) bond motifs is 1. The van der Waals surface area contributed by atoms with Crippen molar-refractivity contribution in [2.24, 2.45) is 5.92 Å². The summed E-state index contributed by atoms with van der Waals surface area (Å²) in [6, 6.07) is 9.00. The van der Waals surface area contributed by atoms with Gasteiger partial charge in [-0.05, 0) is 43.9 Å². The maximum absolute atomic E-state index is 5.25. The fourth-order valence-corrected chi connectivity index (χ4v) is 3.65. The summed E-state index contributed by atoms with van der Waals surface area (Å²) in [5, 5.41) is 7.53. The lowest BCUT2D eigenvalue weighted by atomic mass is 9.93. The number of rotatable bonds is 2. The Balaban J connectivity index is 1.70. The van der Waals surface area contributed by atoms with Crippen LogP contribution in [0.2, 0.25) is 0 Å². The van der Waals surface area contributed by atoms with E-state index in [-0.39, 0.29) is 0 Å². The third-order valence-electron chi connectivity index (χ3n) is 4.85. The summed E-state index contributed by atoms with van der Waals surface area (Å²) < 4.78 is 5.25. The zero-order valence-electron chi connectivity index (χ0n) is 11.4. The van der Waals surface area contributed by atoms with Gasteiger partial charge < -0.3 is 9.84 Å². The molecule has 1 aromatic carbocycles. The van der Waals surface area contributed by atoms with E-state index in [2.05, 4.69) is 34.7 Å². The van der Waals surface area contributed by atoms with Crippen molar-refractivity contribution in [2.75, 3.05) is 13.1 Å². The van der Waals surface area contributed by atoms with E-state index < -0.39 is 0 Å². The quantitative estimate of drug-likeness (QED) is 0.895. The standard InChI is InChI=1S/C16H18N2O/c1-10-15(11(2)19-18-10)12-3-5-13(6-4-12)16-7-14(16)8-17-9-16/h3-6,14,17H,7-9H2,1-2H3/t14-,16?/m1/s1. The number of hydrogen-bond donors (Lipinski definition) is 1. The van der Waals surface area contributed by atoms with E-state index in [1.165, 1.54) is 24.1 Å². The lowest BCUT2D eigenvalue weighted by Gasteiger charge is -2.12. The van der Waals surface area contributed by atoms with Gasteiger partial charge in [-0.1, -0.05) is 29.4 Å². The summed E-state index contributed by atoms with van der Waals surface area (Å²) in [5.41, 5.74) is 5.24. The second kappa shape index (κ2) is 3.70. The van der Waals surface area contributed by atoms with Crippen LogP contribution in [0.3, 0.4) is 0 Å². The second-order valence-corrected chi connectivity index (χ2v) is 5.96. The minimum atomic E-state index is 0.442. The summed E-state index contributed by atoms with van der Waals surface area (Å²) in [5.74, 6) is 1.76. The van der Waals surface area contributed by atoms with Crippen molar-refractivity contribution in [1.29, 1.82) is 0 Å². The SMILES string of the molecule is Cc1noc(C)c1-c1ccc(C23CNC[C@H]2C3)cc1. The molecule has 98 valence electrons. The fraction of sp³-hybridized carbons (Fsp3) is 0.438. The Labute approximate surface area is 113 Å². The zero-order chi connectivity index (χ0) is 13.0. The first-order chi connectivity index (χ1) is 9.21. The lowest BCUT2D eigenvalue weighted by Crippen LogP contribution is -2.19. The van der Waals surface area contributed by atoms with E-state index >= 15 is 0 Å². The van der Waals surface area contributed by atoms with Gasteiger partial charge >= 0.3 is 0 Å². The highest BCUT2D eigenvalue weighted by molar-refractivity contribution is 5.68. The molecule has 2 heterocycles. The monoisotopic (exact) mass is 254 g/mol. The summed E-state index contributed by atoms with van der Waals surface area (Å²) >= 11 is 0. The Morgan fingerprint density at radius 2 is 2.05 bits per heavy atom. The van der Waals surface area contributed by atoms with Gasteiger partial charge in [0, 0.05) is 17.5 Å². The topological polar surface area (TPSA) is 38.1 Å². The van der Waals surface area contributed by atoms with E-state index in [0.29, 0.717) is 5.41 Å². The van der Waals surface area contributed by atoms with Crippen molar-refractivity contribution in [3.8, 4) is 11.1 Å². The molecule has 3 nitrogen and oxygen atoms in total. The van der Waals surface area contributed by atoms with E-state index in [4.69, 9.17) is 4.52 Å². The van der Waals surface area contributed by atoms with E-state index in [9.17, 15) is 0 Å². The molecule has 1 saturated carbocycles. The van der Waals surface area contributed by atoms with Gasteiger partial charge in [0.15, 0.2) is 0 Å². The highest BCUT2D eigenvalue weighted by Crippen LogP contribution is 2.56. The normalized spacial score (nSPS) is 28.4. The fourth-order valence-electron chi connectivity index (χ4n) is 3.65. The molecule has 3 heteroatoms. The maximum Gasteiger partial charge on any atom is 0.141 e. The van der Waals surface area contributed by atoms with Crippen molar-refractivity contribution in [2.45, 2.75) is 25.7 Å². The molecule has 19 heavy (non-hydrogen) atoms. The molecule has 0 radical (unpaired) electrons. The van der Waals surface area contributed by atoms with Gasteiger partial charge in [-0.3, -0.25) is 0 Å². The number of hydrogen-bond acceptors (Lipinski definition) is 3. The van der Waals surface area contributed by atoms with Crippen LogP contribution in [0.5, 0.6) is 0 Å². The van der Waals surface area contributed by atoms with Gasteiger partial charge in [-0.2, -0.15) is 0 Å². The predicted molar refractivity (Wildman–Crippen MR) is 74.1 cm³/mol. The van der Waals surface area contributed by atoms with Gasteiger partial charge in [0.2, 0.25) is 0 Å². The van der Waals surface area contributed by atoms with Crippen LogP contribution >= 0.6 is 0 Å². The van der Waals surface area contributed by atoms with Gasteiger partial charge in [-0.25, -0.2) is 0 Å². The van der Waals surface area contributed by atoms with E-state index in [1.54, 1.807) is 0 Å². The Morgan fingerprint density at radius 1 is 1.26 bits per heavy atom. The van der Waals surface area contributed by atoms with E-state index in [1.807, 2.05) is 13.8 Å². The van der Waals surface area contributed by atoms with Crippen LogP contribution in [-0.4, -0.2) is 18.2 Å². The van der Waals surface area contributed by atoms with Crippen LogP contribution in [0.4, 0.5) is 0 Å². The molecule has 1 aromatic heterocycles. The van der Waals surface area contributed by atoms with Crippen LogP contribution in [0.1, 0.15) is 23.4 Å². The average Bonchev–Trinajstić information content (AvgIpc) is 2.81. The molecule has 0 spiro atoms. The van der Waals surface area contributed by atoms with Gasteiger partial charge in [0.25, 0.3) is 0 Å². The first kappa shape index (κ1) is 11.2. The largest absolute Gasteiger partial charge is 0.361 e. The van der Waals surface area contributed by atoms with Crippen LogP contribution in [0.25, 0.3) is 11.1 Å². The van der Waals surface area contributed by atoms with Crippen LogP contribution in [0, 0.1) is 19.8 Å². The van der Waals surface area contributed by atoms with Crippen LogP contribution in [0.15, 0.2) is 28.8 Å². The van der Waals surface area contributed by atoms with E-state index in [0.717, 1.165) is 29.5 Å². The van der Waals surface area contributed by atoms with Crippen molar-refractivity contribution in [1.82, 2.24) is 10.5 Å². The Kier molecular flexibility index (Phi) is 2.19. The molecule has 2 atom stereocenters. The lowest BCUT2D eigenvalue weighted by molar-refractivity contribution is 0.393. The molecule has 1 N–H and O–H groups in total. The molecule has 1 saturated heterocycles. The second-order valence-electron chi connectivity index (χ2n) is 5.96. The molecule has 1 unspecified atom stereocenters. The molecule has 4 rings (SSSR count). The Morgan fingerprint density at radius 3 is 2.58 bits per heavy atom. The minimum absolute atomic E-state index is 0.442. The first-order valence-corrected chi connectivity index (χ1v) is 6.95. The number of piperidine rings is 1. The third kappa shape index (κ3) is 1.51. The first-order valence-electron chi connectivity index (χ1n) is 6.95. The number of nitrogens with zero attached hydrogens (tertiary/aromatic N) is 1. The molecule has 0 bridgehead atoms. The minimum Gasteiger partial charge on any atom is -0.361 e. The number of nitrogens with one attached hydrogen (secondary N) is 1. The average molecular weight is 254 g/mol. The molecule has 1 aliphatic carbocycles. The summed E-state index contributed by atoms with van der Waals surface area (Å²) in [6.07, 6.45) is 1.35. The van der Waals surface area contributed by atoms with Gasteiger partial charge in [-0.15, -0.1) is 0 Å². The van der Waals surface area contributed by atoms with Crippen molar-refractivity contribution >= 4 is 0 Å². The third-order valence-corrected chi connectivity index (χ3v) is 4.85. The van der Waals surface area contributed by atoms with Crippen LogP contribution in [-0.2, 0) is 5.41 Å². The summed E-state index contributed by atoms with van der Waals surface area (Å²) in [4.78, 5) is 0.